The van der Waals surface area contributed by atoms with Crippen molar-refractivity contribution in [3.05, 3.63) is 87.4 Å². The van der Waals surface area contributed by atoms with Crippen molar-refractivity contribution in [2.75, 3.05) is 31.7 Å². The summed E-state index contributed by atoms with van der Waals surface area (Å²) in [6, 6.07) is 15.7. The average molecular weight is 875 g/mol. The Morgan fingerprint density at radius 2 is 1.60 bits per heavy atom. The molecule has 52 heavy (non-hydrogen) atoms. The second kappa shape index (κ2) is 13.5. The smallest absolute Gasteiger partial charge is 0.254 e. The number of hydrogen-bond acceptors (Lipinski definition) is 8. The van der Waals surface area contributed by atoms with E-state index in [-0.39, 0.29) is 40.2 Å². The minimum absolute atomic E-state index is 0.106. The number of imide groups is 2. The second-order valence-corrected chi connectivity index (χ2v) is 15.7. The summed E-state index contributed by atoms with van der Waals surface area (Å²) in [7, 11) is 4.57. The summed E-state index contributed by atoms with van der Waals surface area (Å²) in [4.78, 5) is 54.7. The Labute approximate surface area is 326 Å². The van der Waals surface area contributed by atoms with Crippen LogP contribution in [0.15, 0.2) is 70.7 Å². The molecule has 7 rings (SSSR count). The predicted octanol–water partition coefficient (Wildman–Crippen LogP) is 7.27. The van der Waals surface area contributed by atoms with Crippen LogP contribution < -0.4 is 19.1 Å². The van der Waals surface area contributed by atoms with E-state index in [1.165, 1.54) is 12.0 Å². The van der Waals surface area contributed by atoms with Crippen LogP contribution in [0.5, 0.6) is 23.0 Å². The van der Waals surface area contributed by atoms with Gasteiger partial charge in [-0.25, -0.2) is 0 Å². The Hall–Kier alpha value is -3.84. The third kappa shape index (κ3) is 5.31. The molecule has 2 aliphatic carbocycles. The minimum atomic E-state index is -1.99. The number of hydrogen-bond donors (Lipinski definition) is 1. The number of halogens is 4. The number of amides is 4. The van der Waals surface area contributed by atoms with E-state index >= 15 is 0 Å². The van der Waals surface area contributed by atoms with Gasteiger partial charge in [-0.05, 0) is 88.3 Å². The van der Waals surface area contributed by atoms with Gasteiger partial charge in [-0.15, -0.1) is 23.2 Å². The van der Waals surface area contributed by atoms with Gasteiger partial charge in [-0.3, -0.25) is 29.0 Å². The zero-order valence-electron chi connectivity index (χ0n) is 28.1. The summed E-state index contributed by atoms with van der Waals surface area (Å²) >= 11 is 21.3. The molecular weight excluding hydrogens is 843 g/mol. The second-order valence-electron chi connectivity index (χ2n) is 13.1. The summed E-state index contributed by atoms with van der Waals surface area (Å²) in [6.45, 7) is 0. The van der Waals surface area contributed by atoms with Gasteiger partial charge in [-0.2, -0.15) is 0 Å². The molecule has 14 heteroatoms. The summed E-state index contributed by atoms with van der Waals surface area (Å²) < 4.78 is 16.5. The molecule has 0 bridgehead atoms. The number of allylic oxidation sites excluding steroid dienone is 2. The highest BCUT2D eigenvalue weighted by atomic mass is 79.9. The maximum Gasteiger partial charge on any atom is 0.254 e. The first-order chi connectivity index (χ1) is 24.8. The number of carbonyl (C=O) groups is 4. The zero-order chi connectivity index (χ0) is 37.3. The molecule has 2 heterocycles. The number of methoxy groups -OCH3 is 3. The van der Waals surface area contributed by atoms with Gasteiger partial charge in [0.2, 0.25) is 11.8 Å². The van der Waals surface area contributed by atoms with Crippen molar-refractivity contribution in [3.63, 3.8) is 0 Å². The first-order valence-corrected chi connectivity index (χ1v) is 19.0. The molecule has 2 saturated heterocycles. The first-order valence-electron chi connectivity index (χ1n) is 16.3. The number of alkyl halides is 3. The summed E-state index contributed by atoms with van der Waals surface area (Å²) in [5, 5.41) is 10.6. The van der Waals surface area contributed by atoms with Crippen LogP contribution in [-0.4, -0.2) is 70.2 Å². The number of ether oxygens (including phenoxy) is 3. The molecule has 10 nitrogen and oxygen atoms in total. The average Bonchev–Trinajstić information content (AvgIpc) is 3.48. The molecule has 6 unspecified atom stereocenters. The van der Waals surface area contributed by atoms with Crippen LogP contribution in [0.4, 0.5) is 5.69 Å². The lowest BCUT2D eigenvalue weighted by molar-refractivity contribution is -0.138. The van der Waals surface area contributed by atoms with E-state index < -0.39 is 51.1 Å². The van der Waals surface area contributed by atoms with Gasteiger partial charge in [0, 0.05) is 11.5 Å². The molecule has 3 aromatic rings. The van der Waals surface area contributed by atoms with Crippen molar-refractivity contribution in [1.82, 2.24) is 4.90 Å². The fourth-order valence-corrected chi connectivity index (χ4v) is 10.1. The summed E-state index contributed by atoms with van der Waals surface area (Å²) in [6.07, 6.45) is 5.69. The number of phenolic OH excluding ortho intramolecular Hbond substituents is 1. The van der Waals surface area contributed by atoms with Gasteiger partial charge in [0.25, 0.3) is 11.8 Å². The fourth-order valence-electron chi connectivity index (χ4n) is 8.19. The van der Waals surface area contributed by atoms with Crippen LogP contribution in [0.1, 0.15) is 35.4 Å². The minimum Gasteiger partial charge on any atom is -0.503 e. The largest absolute Gasteiger partial charge is 0.503 e. The van der Waals surface area contributed by atoms with Crippen molar-refractivity contribution in [3.8, 4) is 23.0 Å². The molecule has 3 aromatic carbocycles. The number of anilines is 1. The Balaban J connectivity index is 1.25. The fraction of sp³-hybridized carbons (Fsp3) is 0.316. The number of aromatic hydroxyl groups is 1. The molecule has 6 atom stereocenters. The summed E-state index contributed by atoms with van der Waals surface area (Å²) in [5.41, 5.74) is 2.97. The number of nitrogens with zero attached hydrogens (tertiary/aromatic N) is 2. The molecule has 0 radical (unpaired) electrons. The van der Waals surface area contributed by atoms with Crippen LogP contribution in [0.3, 0.4) is 0 Å². The quantitative estimate of drug-likeness (QED) is 0.0826. The van der Waals surface area contributed by atoms with E-state index in [9.17, 15) is 24.3 Å². The number of fused-ring (bicyclic) bond motifs is 4. The number of benzene rings is 3. The zero-order valence-corrected chi connectivity index (χ0v) is 32.8. The molecule has 4 amide bonds. The van der Waals surface area contributed by atoms with E-state index in [0.717, 1.165) is 16.0 Å². The third-order valence-electron chi connectivity index (χ3n) is 10.7. The van der Waals surface area contributed by atoms with Crippen LogP contribution in [0.25, 0.3) is 12.2 Å². The van der Waals surface area contributed by atoms with Gasteiger partial charge in [0.15, 0.2) is 21.2 Å². The number of phenols is 1. The number of likely N-dealkylation sites (tertiary alicyclic amines) is 1. The number of carbonyl (C=O) groups excluding carboxylic acids is 4. The SMILES string of the molecule is COc1ccc(OC)c(C=Cc2ccc(N3C(=O)C4CC=C5C(CC6(Cl)C(=O)N(CBr)C(=O)C6(Cl)C5c5cc(Br)c(O)c(OC)c5)C4C3=O)cc2)c1. The molecule has 4 aliphatic rings. The Kier molecular flexibility index (Phi) is 9.51. The van der Waals surface area contributed by atoms with Crippen molar-refractivity contribution in [2.24, 2.45) is 17.8 Å². The van der Waals surface area contributed by atoms with E-state index in [1.807, 2.05) is 48.6 Å². The Morgan fingerprint density at radius 3 is 2.25 bits per heavy atom. The lowest BCUT2D eigenvalue weighted by atomic mass is 9.56. The van der Waals surface area contributed by atoms with Gasteiger partial charge in [0.05, 0.1) is 48.8 Å². The number of rotatable bonds is 8. The van der Waals surface area contributed by atoms with Crippen LogP contribution in [-0.2, 0) is 19.2 Å². The molecule has 2 aliphatic heterocycles. The standard InChI is InChI=1S/C38H32Br2Cl2N2O8/c1-50-23-10-13-28(51-2)20(14-23)7-4-19-5-8-22(9-6-19)44-33(46)25-12-11-24-26(30(25)34(44)47)17-37(41)35(48)43(18-39)36(49)38(37,42)31(24)21-15-27(40)32(45)29(16-21)52-3/h4-11,13-16,25-26,30-31,45H,12,17-18H2,1-3H3. The van der Waals surface area contributed by atoms with E-state index in [2.05, 4.69) is 31.9 Å². The molecular formula is C38H32Br2Cl2N2O8. The predicted molar refractivity (Wildman–Crippen MR) is 203 cm³/mol. The Morgan fingerprint density at radius 1 is 0.885 bits per heavy atom. The van der Waals surface area contributed by atoms with Crippen LogP contribution in [0.2, 0.25) is 0 Å². The van der Waals surface area contributed by atoms with E-state index in [4.69, 9.17) is 37.4 Å². The van der Waals surface area contributed by atoms with Crippen molar-refractivity contribution >= 4 is 96.5 Å². The van der Waals surface area contributed by atoms with Crippen molar-refractivity contribution in [1.29, 1.82) is 0 Å². The van der Waals surface area contributed by atoms with Crippen molar-refractivity contribution < 1.29 is 38.5 Å². The van der Waals surface area contributed by atoms with Crippen LogP contribution >= 0.6 is 55.1 Å². The normalized spacial score (nSPS) is 28.2. The molecule has 0 spiro atoms. The lowest BCUT2D eigenvalue weighted by Gasteiger charge is -2.50. The van der Waals surface area contributed by atoms with Gasteiger partial charge in [-0.1, -0.05) is 51.9 Å². The lowest BCUT2D eigenvalue weighted by Crippen LogP contribution is -2.60. The maximum absolute atomic E-state index is 14.4. The molecule has 270 valence electrons. The van der Waals surface area contributed by atoms with E-state index in [0.29, 0.717) is 28.3 Å². The Bertz CT molecular complexity index is 2090. The molecule has 0 aromatic heterocycles. The molecule has 1 saturated carbocycles. The van der Waals surface area contributed by atoms with Crippen LogP contribution in [0, 0.1) is 17.8 Å². The highest BCUT2D eigenvalue weighted by Gasteiger charge is 2.76. The van der Waals surface area contributed by atoms with Gasteiger partial charge < -0.3 is 19.3 Å². The van der Waals surface area contributed by atoms with E-state index in [1.54, 1.807) is 38.5 Å². The maximum atomic E-state index is 14.4. The first kappa shape index (κ1) is 36.5. The van der Waals surface area contributed by atoms with Gasteiger partial charge >= 0.3 is 0 Å². The molecule has 3 fully saturated rings. The summed E-state index contributed by atoms with van der Waals surface area (Å²) in [5.74, 6) is -4.16. The third-order valence-corrected chi connectivity index (χ3v) is 13.2. The van der Waals surface area contributed by atoms with Crippen molar-refractivity contribution in [2.45, 2.75) is 28.5 Å². The monoisotopic (exact) mass is 872 g/mol. The highest BCUT2D eigenvalue weighted by Crippen LogP contribution is 2.66. The topological polar surface area (TPSA) is 123 Å². The molecule has 1 N–H and O–H groups in total. The van der Waals surface area contributed by atoms with Gasteiger partial charge in [0.1, 0.15) is 11.5 Å². The highest BCUT2D eigenvalue weighted by molar-refractivity contribution is 9.10.